The molecule has 0 amide bonds. The van der Waals surface area contributed by atoms with Gasteiger partial charge in [-0.1, -0.05) is 18.2 Å². The summed E-state index contributed by atoms with van der Waals surface area (Å²) < 4.78 is 6.54. The minimum atomic E-state index is -0.526. The van der Waals surface area contributed by atoms with Gasteiger partial charge in [0.25, 0.3) is 0 Å². The summed E-state index contributed by atoms with van der Waals surface area (Å²) in [6, 6.07) is 9.11. The van der Waals surface area contributed by atoms with Crippen LogP contribution in [0.15, 0.2) is 30.3 Å². The van der Waals surface area contributed by atoms with Crippen LogP contribution in [0.25, 0.3) is 10.9 Å². The molecule has 0 bridgehead atoms. The first-order valence-electron chi connectivity index (χ1n) is 5.57. The van der Waals surface area contributed by atoms with E-state index in [1.807, 2.05) is 24.3 Å². The van der Waals surface area contributed by atoms with Gasteiger partial charge in [-0.05, 0) is 30.7 Å². The highest BCUT2D eigenvalue weighted by Crippen LogP contribution is 2.20. The summed E-state index contributed by atoms with van der Waals surface area (Å²) >= 11 is 5.41. The van der Waals surface area contributed by atoms with Gasteiger partial charge in [0.2, 0.25) is 5.24 Å². The van der Waals surface area contributed by atoms with Crippen LogP contribution in [0.1, 0.15) is 17.4 Å². The molecular weight excluding hydrogens is 254 g/mol. The molecule has 0 aliphatic rings. The molecule has 4 nitrogen and oxygen atoms in total. The number of esters is 1. The lowest BCUT2D eigenvalue weighted by atomic mass is 10.2. The number of para-hydroxylation sites is 1. The van der Waals surface area contributed by atoms with Crippen molar-refractivity contribution in [3.63, 3.8) is 0 Å². The van der Waals surface area contributed by atoms with E-state index in [0.717, 1.165) is 10.9 Å². The van der Waals surface area contributed by atoms with Gasteiger partial charge in [-0.2, -0.15) is 0 Å². The SMILES string of the molecule is CCOC(=O)c1cc2ccccc2n1CC(=O)Cl. The Morgan fingerprint density at radius 1 is 1.33 bits per heavy atom. The average molecular weight is 266 g/mol. The van der Waals surface area contributed by atoms with Gasteiger partial charge in [0.05, 0.1) is 13.2 Å². The number of hydrogen-bond acceptors (Lipinski definition) is 3. The van der Waals surface area contributed by atoms with Crippen LogP contribution < -0.4 is 0 Å². The fraction of sp³-hybridized carbons (Fsp3) is 0.231. The maximum absolute atomic E-state index is 11.8. The maximum atomic E-state index is 11.8. The maximum Gasteiger partial charge on any atom is 0.354 e. The molecule has 0 aliphatic heterocycles. The van der Waals surface area contributed by atoms with E-state index in [-0.39, 0.29) is 13.2 Å². The Morgan fingerprint density at radius 2 is 2.06 bits per heavy atom. The second-order valence-electron chi connectivity index (χ2n) is 3.75. The Morgan fingerprint density at radius 3 is 2.72 bits per heavy atom. The van der Waals surface area contributed by atoms with E-state index in [1.54, 1.807) is 17.6 Å². The molecule has 94 valence electrons. The molecule has 1 aromatic carbocycles. The molecular formula is C13H12ClNO3. The van der Waals surface area contributed by atoms with Crippen molar-refractivity contribution in [2.45, 2.75) is 13.5 Å². The zero-order valence-corrected chi connectivity index (χ0v) is 10.6. The highest BCUT2D eigenvalue weighted by molar-refractivity contribution is 6.63. The molecule has 2 rings (SSSR count). The molecule has 0 saturated carbocycles. The molecule has 0 spiro atoms. The Hall–Kier alpha value is -1.81. The van der Waals surface area contributed by atoms with Crippen molar-refractivity contribution >= 4 is 33.7 Å². The van der Waals surface area contributed by atoms with Gasteiger partial charge in [0, 0.05) is 10.9 Å². The monoisotopic (exact) mass is 265 g/mol. The van der Waals surface area contributed by atoms with Gasteiger partial charge in [0.1, 0.15) is 5.69 Å². The number of ether oxygens (including phenoxy) is 1. The van der Waals surface area contributed by atoms with E-state index < -0.39 is 11.2 Å². The molecule has 2 aromatic rings. The van der Waals surface area contributed by atoms with Crippen LogP contribution in [0.2, 0.25) is 0 Å². The summed E-state index contributed by atoms with van der Waals surface area (Å²) in [7, 11) is 0. The second kappa shape index (κ2) is 5.23. The standard InChI is InChI=1S/C13H12ClNO3/c1-2-18-13(17)11-7-9-5-3-4-6-10(9)15(11)8-12(14)16/h3-7H,2,8H2,1H3. The summed E-state index contributed by atoms with van der Waals surface area (Å²) in [5.74, 6) is -0.452. The van der Waals surface area contributed by atoms with Crippen molar-refractivity contribution in [3.8, 4) is 0 Å². The van der Waals surface area contributed by atoms with Crippen LogP contribution in [0.3, 0.4) is 0 Å². The molecule has 0 unspecified atom stereocenters. The van der Waals surface area contributed by atoms with Gasteiger partial charge in [-0.15, -0.1) is 0 Å². The summed E-state index contributed by atoms with van der Waals surface area (Å²) in [6.45, 7) is 1.97. The van der Waals surface area contributed by atoms with Crippen LogP contribution in [0.4, 0.5) is 0 Å². The number of hydrogen-bond donors (Lipinski definition) is 0. The number of nitrogens with zero attached hydrogens (tertiary/aromatic N) is 1. The minimum absolute atomic E-state index is 0.0524. The third-order valence-electron chi connectivity index (χ3n) is 2.58. The van der Waals surface area contributed by atoms with Crippen molar-refractivity contribution in [2.75, 3.05) is 6.61 Å². The van der Waals surface area contributed by atoms with E-state index in [4.69, 9.17) is 16.3 Å². The quantitative estimate of drug-likeness (QED) is 0.631. The van der Waals surface area contributed by atoms with Gasteiger partial charge >= 0.3 is 5.97 Å². The van der Waals surface area contributed by atoms with E-state index in [0.29, 0.717) is 5.69 Å². The van der Waals surface area contributed by atoms with Gasteiger partial charge < -0.3 is 9.30 Å². The first-order valence-corrected chi connectivity index (χ1v) is 5.95. The lowest BCUT2D eigenvalue weighted by molar-refractivity contribution is -0.112. The van der Waals surface area contributed by atoms with Gasteiger partial charge in [-0.25, -0.2) is 4.79 Å². The van der Waals surface area contributed by atoms with Crippen LogP contribution in [0.5, 0.6) is 0 Å². The number of rotatable bonds is 4. The van der Waals surface area contributed by atoms with E-state index in [2.05, 4.69) is 0 Å². The third kappa shape index (κ3) is 2.38. The fourth-order valence-corrected chi connectivity index (χ4v) is 2.00. The van der Waals surface area contributed by atoms with Crippen molar-refractivity contribution in [3.05, 3.63) is 36.0 Å². The summed E-state index contributed by atoms with van der Waals surface area (Å²) in [5.41, 5.74) is 1.13. The van der Waals surface area contributed by atoms with Gasteiger partial charge in [0.15, 0.2) is 0 Å². The molecule has 0 radical (unpaired) electrons. The van der Waals surface area contributed by atoms with Crippen LogP contribution in [0, 0.1) is 0 Å². The largest absolute Gasteiger partial charge is 0.461 e. The molecule has 5 heteroatoms. The molecule has 1 aromatic heterocycles. The zero-order chi connectivity index (χ0) is 13.1. The Kier molecular flexibility index (Phi) is 3.67. The number of benzene rings is 1. The molecule has 0 atom stereocenters. The number of halogens is 1. The van der Waals surface area contributed by atoms with E-state index in [9.17, 15) is 9.59 Å². The Bertz CT molecular complexity index is 603. The van der Waals surface area contributed by atoms with Crippen molar-refractivity contribution in [1.82, 2.24) is 4.57 Å². The van der Waals surface area contributed by atoms with E-state index in [1.165, 1.54) is 0 Å². The van der Waals surface area contributed by atoms with Gasteiger partial charge in [-0.3, -0.25) is 4.79 Å². The fourth-order valence-electron chi connectivity index (χ4n) is 1.88. The van der Waals surface area contributed by atoms with E-state index >= 15 is 0 Å². The molecule has 1 heterocycles. The molecule has 0 saturated heterocycles. The second-order valence-corrected chi connectivity index (χ2v) is 4.17. The number of carbonyl (C=O) groups excluding carboxylic acids is 2. The summed E-state index contributed by atoms with van der Waals surface area (Å²) in [6.07, 6.45) is 0. The predicted molar refractivity (Wildman–Crippen MR) is 68.8 cm³/mol. The highest BCUT2D eigenvalue weighted by atomic mass is 35.5. The van der Waals surface area contributed by atoms with Crippen LogP contribution in [-0.2, 0) is 16.1 Å². The first kappa shape index (κ1) is 12.6. The average Bonchev–Trinajstić information content (AvgIpc) is 2.68. The minimum Gasteiger partial charge on any atom is -0.461 e. The summed E-state index contributed by atoms with van der Waals surface area (Å²) in [4.78, 5) is 22.9. The Balaban J connectivity index is 2.56. The summed E-state index contributed by atoms with van der Waals surface area (Å²) in [5, 5.41) is 0.348. The predicted octanol–water partition coefficient (Wildman–Crippen LogP) is 2.58. The first-order chi connectivity index (χ1) is 8.63. The zero-order valence-electron chi connectivity index (χ0n) is 9.85. The highest BCUT2D eigenvalue weighted by Gasteiger charge is 2.17. The van der Waals surface area contributed by atoms with Crippen LogP contribution in [-0.4, -0.2) is 22.4 Å². The smallest absolute Gasteiger partial charge is 0.354 e. The number of carbonyl (C=O) groups is 2. The van der Waals surface area contributed by atoms with Crippen molar-refractivity contribution < 1.29 is 14.3 Å². The van der Waals surface area contributed by atoms with Crippen molar-refractivity contribution in [2.24, 2.45) is 0 Å². The third-order valence-corrected chi connectivity index (χ3v) is 2.70. The lowest BCUT2D eigenvalue weighted by Gasteiger charge is -2.07. The molecule has 0 aliphatic carbocycles. The van der Waals surface area contributed by atoms with Crippen molar-refractivity contribution in [1.29, 1.82) is 0 Å². The molecule has 0 fully saturated rings. The number of fused-ring (bicyclic) bond motifs is 1. The molecule has 0 N–H and O–H groups in total. The lowest BCUT2D eigenvalue weighted by Crippen LogP contribution is -2.14. The number of aromatic nitrogens is 1. The molecule has 18 heavy (non-hydrogen) atoms. The van der Waals surface area contributed by atoms with Crippen LogP contribution >= 0.6 is 11.6 Å². The normalized spacial score (nSPS) is 10.6. The topological polar surface area (TPSA) is 48.3 Å². The Labute approximate surface area is 109 Å².